The maximum atomic E-state index is 12.6. The third kappa shape index (κ3) is 7.76. The molecule has 1 aliphatic heterocycles. The van der Waals surface area contributed by atoms with Crippen molar-refractivity contribution in [3.05, 3.63) is 11.1 Å². The molecule has 0 amide bonds. The van der Waals surface area contributed by atoms with E-state index in [0.717, 1.165) is 37.7 Å². The SMILES string of the molecule is CCCCCCCCCC(C)(C)C(=O)OCC1(CO)CC(=C(CC)CC)C(=O)O1. The molecule has 1 saturated heterocycles. The van der Waals surface area contributed by atoms with E-state index in [1.165, 1.54) is 32.1 Å². The lowest BCUT2D eigenvalue weighted by Crippen LogP contribution is -2.41. The number of carbonyl (C=O) groups excluding carboxylic acids is 2. The molecule has 1 N–H and O–H groups in total. The van der Waals surface area contributed by atoms with Gasteiger partial charge in [-0.1, -0.05) is 71.3 Å². The van der Waals surface area contributed by atoms with Gasteiger partial charge in [-0.05, 0) is 33.1 Å². The second-order valence-corrected chi connectivity index (χ2v) is 9.03. The third-order valence-electron chi connectivity index (χ3n) is 6.05. The summed E-state index contributed by atoms with van der Waals surface area (Å²) in [6, 6.07) is 0. The highest BCUT2D eigenvalue weighted by Gasteiger charge is 2.46. The highest BCUT2D eigenvalue weighted by Crippen LogP contribution is 2.35. The Morgan fingerprint density at radius 2 is 1.66 bits per heavy atom. The van der Waals surface area contributed by atoms with Gasteiger partial charge < -0.3 is 14.6 Å². The lowest BCUT2D eigenvalue weighted by Gasteiger charge is -2.28. The average molecular weight is 411 g/mol. The van der Waals surface area contributed by atoms with Gasteiger partial charge in [0, 0.05) is 12.0 Å². The molecular formula is C24H42O5. The number of esters is 2. The van der Waals surface area contributed by atoms with Gasteiger partial charge in [0.15, 0.2) is 5.60 Å². The first-order chi connectivity index (χ1) is 13.7. The molecule has 5 heteroatoms. The topological polar surface area (TPSA) is 72.8 Å². The van der Waals surface area contributed by atoms with Crippen molar-refractivity contribution in [1.29, 1.82) is 0 Å². The number of hydrogen-bond acceptors (Lipinski definition) is 5. The van der Waals surface area contributed by atoms with E-state index in [-0.39, 0.29) is 19.2 Å². The molecule has 0 saturated carbocycles. The predicted octanol–water partition coefficient (Wildman–Crippen LogP) is 5.49. The minimum Gasteiger partial charge on any atom is -0.461 e. The molecule has 0 aromatic rings. The molecule has 1 unspecified atom stereocenters. The number of unbranched alkanes of at least 4 members (excludes halogenated alkanes) is 6. The summed E-state index contributed by atoms with van der Waals surface area (Å²) in [4.78, 5) is 24.9. The molecule has 0 radical (unpaired) electrons. The van der Waals surface area contributed by atoms with Crippen molar-refractivity contribution in [3.63, 3.8) is 0 Å². The molecule has 1 fully saturated rings. The van der Waals surface area contributed by atoms with Crippen LogP contribution in [0.5, 0.6) is 0 Å². The summed E-state index contributed by atoms with van der Waals surface area (Å²) in [5, 5.41) is 9.87. The Kier molecular flexibility index (Phi) is 10.9. The number of carbonyl (C=O) groups is 2. The quantitative estimate of drug-likeness (QED) is 0.233. The van der Waals surface area contributed by atoms with Crippen LogP contribution in [0, 0.1) is 5.41 Å². The first kappa shape index (κ1) is 25.7. The summed E-state index contributed by atoms with van der Waals surface area (Å²) in [5.74, 6) is -0.688. The van der Waals surface area contributed by atoms with Gasteiger partial charge in [0.1, 0.15) is 6.61 Å². The van der Waals surface area contributed by atoms with Crippen molar-refractivity contribution in [3.8, 4) is 0 Å². The molecule has 1 heterocycles. The molecule has 168 valence electrons. The van der Waals surface area contributed by atoms with Crippen LogP contribution in [-0.4, -0.2) is 35.9 Å². The average Bonchev–Trinajstić information content (AvgIpc) is 3.03. The van der Waals surface area contributed by atoms with E-state index in [1.54, 1.807) is 0 Å². The summed E-state index contributed by atoms with van der Waals surface area (Å²) in [6.07, 6.45) is 11.0. The van der Waals surface area contributed by atoms with Crippen molar-refractivity contribution in [1.82, 2.24) is 0 Å². The zero-order valence-corrected chi connectivity index (χ0v) is 19.3. The fourth-order valence-corrected chi connectivity index (χ4v) is 3.87. The summed E-state index contributed by atoms with van der Waals surface area (Å²) in [5.41, 5.74) is -0.0647. The molecular weight excluding hydrogens is 368 g/mol. The fourth-order valence-electron chi connectivity index (χ4n) is 3.87. The number of ether oxygens (including phenoxy) is 2. The normalized spacial score (nSPS) is 19.4. The minimum absolute atomic E-state index is 0.0985. The van der Waals surface area contributed by atoms with Gasteiger partial charge in [0.05, 0.1) is 12.0 Å². The van der Waals surface area contributed by atoms with E-state index in [0.29, 0.717) is 12.0 Å². The Morgan fingerprint density at radius 3 is 2.21 bits per heavy atom. The van der Waals surface area contributed by atoms with Crippen LogP contribution in [0.2, 0.25) is 0 Å². The summed E-state index contributed by atoms with van der Waals surface area (Å²) in [6.45, 7) is 9.57. The van der Waals surface area contributed by atoms with Gasteiger partial charge in [-0.2, -0.15) is 0 Å². The van der Waals surface area contributed by atoms with E-state index in [4.69, 9.17) is 9.47 Å². The highest BCUT2D eigenvalue weighted by molar-refractivity contribution is 5.92. The molecule has 1 aliphatic rings. The Morgan fingerprint density at radius 1 is 1.07 bits per heavy atom. The van der Waals surface area contributed by atoms with Crippen LogP contribution in [0.1, 0.15) is 105 Å². The van der Waals surface area contributed by atoms with E-state index >= 15 is 0 Å². The molecule has 0 aromatic heterocycles. The lowest BCUT2D eigenvalue weighted by molar-refractivity contribution is -0.172. The molecule has 1 atom stereocenters. The Hall–Kier alpha value is -1.36. The number of hydrogen-bond donors (Lipinski definition) is 1. The smallest absolute Gasteiger partial charge is 0.334 e. The van der Waals surface area contributed by atoms with Crippen molar-refractivity contribution in [2.24, 2.45) is 5.41 Å². The molecule has 0 aromatic carbocycles. The molecule has 0 spiro atoms. The van der Waals surface area contributed by atoms with Gasteiger partial charge >= 0.3 is 11.9 Å². The van der Waals surface area contributed by atoms with Gasteiger partial charge in [0.2, 0.25) is 0 Å². The number of aliphatic hydroxyl groups is 1. The highest BCUT2D eigenvalue weighted by atomic mass is 16.6. The van der Waals surface area contributed by atoms with E-state index in [1.807, 2.05) is 27.7 Å². The molecule has 5 nitrogen and oxygen atoms in total. The molecule has 1 rings (SSSR count). The maximum absolute atomic E-state index is 12.6. The van der Waals surface area contributed by atoms with Crippen LogP contribution in [0.15, 0.2) is 11.1 Å². The van der Waals surface area contributed by atoms with Crippen LogP contribution < -0.4 is 0 Å². The first-order valence-electron chi connectivity index (χ1n) is 11.5. The van der Waals surface area contributed by atoms with Crippen LogP contribution in [-0.2, 0) is 19.1 Å². The Balaban J connectivity index is 2.54. The standard InChI is InChI=1S/C24H42O5/c1-6-9-10-11-12-13-14-15-23(4,5)22(27)28-18-24(17-25)16-20(21(26)29-24)19(7-2)8-3/h25H,6-18H2,1-5H3. The van der Waals surface area contributed by atoms with Gasteiger partial charge in [-0.15, -0.1) is 0 Å². The Labute approximate surface area is 177 Å². The van der Waals surface area contributed by atoms with Crippen molar-refractivity contribution < 1.29 is 24.2 Å². The number of rotatable bonds is 14. The van der Waals surface area contributed by atoms with Crippen molar-refractivity contribution in [2.45, 2.75) is 111 Å². The maximum Gasteiger partial charge on any atom is 0.334 e. The van der Waals surface area contributed by atoms with Crippen LogP contribution in [0.4, 0.5) is 0 Å². The minimum atomic E-state index is -1.15. The monoisotopic (exact) mass is 410 g/mol. The second kappa shape index (κ2) is 12.4. The van der Waals surface area contributed by atoms with Crippen LogP contribution >= 0.6 is 0 Å². The van der Waals surface area contributed by atoms with Gasteiger partial charge in [-0.25, -0.2) is 4.79 Å². The summed E-state index contributed by atoms with van der Waals surface area (Å²) in [7, 11) is 0. The zero-order chi connectivity index (χ0) is 21.9. The zero-order valence-electron chi connectivity index (χ0n) is 19.3. The largest absolute Gasteiger partial charge is 0.461 e. The third-order valence-corrected chi connectivity index (χ3v) is 6.05. The van der Waals surface area contributed by atoms with E-state index in [9.17, 15) is 14.7 Å². The van der Waals surface area contributed by atoms with Gasteiger partial charge in [-0.3, -0.25) is 4.79 Å². The lowest BCUT2D eigenvalue weighted by atomic mass is 9.86. The summed E-state index contributed by atoms with van der Waals surface area (Å²) < 4.78 is 11.0. The first-order valence-corrected chi connectivity index (χ1v) is 11.5. The van der Waals surface area contributed by atoms with E-state index in [2.05, 4.69) is 6.92 Å². The van der Waals surface area contributed by atoms with Gasteiger partial charge in [0.25, 0.3) is 0 Å². The molecule has 0 bridgehead atoms. The van der Waals surface area contributed by atoms with Crippen molar-refractivity contribution in [2.75, 3.05) is 13.2 Å². The number of cyclic esters (lactones) is 1. The number of aliphatic hydroxyl groups excluding tert-OH is 1. The second-order valence-electron chi connectivity index (χ2n) is 9.03. The van der Waals surface area contributed by atoms with E-state index < -0.39 is 17.0 Å². The fraction of sp³-hybridized carbons (Fsp3) is 0.833. The number of allylic oxidation sites excluding steroid dienone is 1. The van der Waals surface area contributed by atoms with Crippen LogP contribution in [0.3, 0.4) is 0 Å². The Bertz CT molecular complexity index is 558. The molecule has 29 heavy (non-hydrogen) atoms. The van der Waals surface area contributed by atoms with Crippen LogP contribution in [0.25, 0.3) is 0 Å². The van der Waals surface area contributed by atoms with Crippen molar-refractivity contribution >= 4 is 11.9 Å². The molecule has 0 aliphatic carbocycles. The summed E-state index contributed by atoms with van der Waals surface area (Å²) >= 11 is 0. The predicted molar refractivity (Wildman–Crippen MR) is 115 cm³/mol.